The van der Waals surface area contributed by atoms with Gasteiger partial charge in [0, 0.05) is 20.6 Å². The van der Waals surface area contributed by atoms with E-state index in [0.717, 1.165) is 6.42 Å². The van der Waals surface area contributed by atoms with Gasteiger partial charge < -0.3 is 19.6 Å². The van der Waals surface area contributed by atoms with Crippen LogP contribution in [0.2, 0.25) is 18.1 Å². The van der Waals surface area contributed by atoms with Crippen molar-refractivity contribution in [3.8, 4) is 0 Å². The number of aliphatic hydroxyl groups is 1. The minimum Gasteiger partial charge on any atom is -0.365 e. The lowest BCUT2D eigenvalue weighted by Gasteiger charge is -2.24. The highest BCUT2D eigenvalue weighted by atomic mass is 32.2. The first-order valence-corrected chi connectivity index (χ1v) is 25.2. The quantitative estimate of drug-likeness (QED) is 0.0778. The zero-order valence-electron chi connectivity index (χ0n) is 32.1. The van der Waals surface area contributed by atoms with Crippen molar-refractivity contribution in [2.45, 2.75) is 133 Å². The van der Waals surface area contributed by atoms with E-state index in [2.05, 4.69) is 50.8 Å². The summed E-state index contributed by atoms with van der Waals surface area (Å²) >= 11 is 5.45. The minimum absolute atomic E-state index is 0. The van der Waals surface area contributed by atoms with Crippen LogP contribution in [0.1, 0.15) is 92.1 Å². The second kappa shape index (κ2) is 22.3. The molecule has 0 unspecified atom stereocenters. The Bertz CT molecular complexity index is 1610. The maximum absolute atomic E-state index is 14.8. The average Bonchev–Trinajstić information content (AvgIpc) is 3.94. The molecule has 300 valence electrons. The van der Waals surface area contributed by atoms with Gasteiger partial charge in [-0.25, -0.2) is 33.2 Å². The average molecular weight is 835 g/mol. The second-order valence-electron chi connectivity index (χ2n) is 12.7. The Balaban J connectivity index is 0.000000307. The first-order chi connectivity index (χ1) is 24.8. The second-order valence-corrected chi connectivity index (χ2v) is 20.1. The number of amidine groups is 1. The summed E-state index contributed by atoms with van der Waals surface area (Å²) in [5.41, 5.74) is 1.32. The monoisotopic (exact) mass is 834 g/mol. The summed E-state index contributed by atoms with van der Waals surface area (Å²) in [6, 6.07) is 4.48. The van der Waals surface area contributed by atoms with Gasteiger partial charge in [0.15, 0.2) is 22.8 Å². The van der Waals surface area contributed by atoms with Crippen molar-refractivity contribution in [2.24, 2.45) is 16.8 Å². The molecule has 0 bridgehead atoms. The highest BCUT2D eigenvalue weighted by molar-refractivity contribution is 8.15. The van der Waals surface area contributed by atoms with Crippen LogP contribution in [0.5, 0.6) is 0 Å². The molecule has 0 saturated carbocycles. The van der Waals surface area contributed by atoms with Crippen LogP contribution in [0.3, 0.4) is 0 Å². The van der Waals surface area contributed by atoms with Gasteiger partial charge in [0.1, 0.15) is 28.0 Å². The first kappa shape index (κ1) is 47.6. The van der Waals surface area contributed by atoms with Gasteiger partial charge in [-0.3, -0.25) is 5.41 Å². The van der Waals surface area contributed by atoms with Gasteiger partial charge in [-0.05, 0) is 37.9 Å². The lowest BCUT2D eigenvalue weighted by atomic mass is 9.95. The van der Waals surface area contributed by atoms with Gasteiger partial charge in [0.2, 0.25) is 10.9 Å². The maximum Gasteiger partial charge on any atom is 0.244 e. The summed E-state index contributed by atoms with van der Waals surface area (Å²) in [5, 5.41) is 24.9. The fourth-order valence-electron chi connectivity index (χ4n) is 6.28. The Labute approximate surface area is 333 Å². The van der Waals surface area contributed by atoms with E-state index < -0.39 is 30.2 Å². The van der Waals surface area contributed by atoms with Crippen molar-refractivity contribution >= 4 is 71.7 Å². The molecular weight excluding hydrogens is 775 g/mol. The van der Waals surface area contributed by atoms with Gasteiger partial charge >= 0.3 is 0 Å². The van der Waals surface area contributed by atoms with E-state index in [-0.39, 0.29) is 45.2 Å². The number of imidazole rings is 2. The topological polar surface area (TPSA) is 147 Å². The number of alkyl halides is 2. The Morgan fingerprint density at radius 3 is 2.09 bits per heavy atom. The Morgan fingerprint density at radius 2 is 1.62 bits per heavy atom. The molecule has 3 aromatic rings. The van der Waals surface area contributed by atoms with E-state index >= 15 is 0 Å². The lowest BCUT2D eigenvalue weighted by molar-refractivity contribution is -0.227. The summed E-state index contributed by atoms with van der Waals surface area (Å²) in [5.74, 6) is -2.03. The maximum atomic E-state index is 14.8. The lowest BCUT2D eigenvalue weighted by Crippen LogP contribution is -2.37. The number of aliphatic imine (C=N–C) groups is 1. The molecular formula is C35H60F2N8O3S4Si. The predicted octanol–water partition coefficient (Wildman–Crippen LogP) is 9.05. The third-order valence-corrected chi connectivity index (χ3v) is 15.6. The molecule has 8 atom stereocenters. The summed E-state index contributed by atoms with van der Waals surface area (Å²) < 4.78 is 42.1. The fourth-order valence-corrected chi connectivity index (χ4v) is 9.63. The van der Waals surface area contributed by atoms with Gasteiger partial charge in [0.25, 0.3) is 0 Å². The summed E-state index contributed by atoms with van der Waals surface area (Å²) in [6.45, 7) is 14.5. The molecule has 0 radical (unpaired) electrons. The van der Waals surface area contributed by atoms with Crippen molar-refractivity contribution in [1.29, 1.82) is 5.41 Å². The van der Waals surface area contributed by atoms with E-state index in [9.17, 15) is 13.9 Å². The summed E-state index contributed by atoms with van der Waals surface area (Å²) in [6.07, 6.45) is 8.24. The van der Waals surface area contributed by atoms with Crippen LogP contribution in [-0.4, -0.2) is 103 Å². The molecule has 3 aromatic heterocycles. The molecule has 5 heterocycles. The molecule has 5 rings (SSSR count). The molecule has 3 N–H and O–H groups in total. The molecule has 0 aliphatic carbocycles. The number of nitrogens with zero attached hydrogens (tertiary/aromatic N) is 6. The molecule has 2 fully saturated rings. The number of hydrogen-bond acceptors (Lipinski definition) is 12. The van der Waals surface area contributed by atoms with Crippen molar-refractivity contribution in [3.63, 3.8) is 0 Å². The number of nitrogens with one attached hydrogen (secondary N) is 2. The number of fused-ring (bicyclic) bond motifs is 1. The first-order valence-electron chi connectivity index (χ1n) is 17.8. The minimum atomic E-state index is -2.04. The summed E-state index contributed by atoms with van der Waals surface area (Å²) in [7, 11) is -0.171. The Hall–Kier alpha value is -1.54. The zero-order valence-corrected chi connectivity index (χ0v) is 36.6. The van der Waals surface area contributed by atoms with Crippen molar-refractivity contribution in [3.05, 3.63) is 29.6 Å². The van der Waals surface area contributed by atoms with Crippen LogP contribution >= 0.6 is 47.0 Å². The fraction of sp³-hybridized carbons (Fsp3) is 0.714. The van der Waals surface area contributed by atoms with E-state index in [1.807, 2.05) is 39.5 Å². The summed E-state index contributed by atoms with van der Waals surface area (Å²) in [4.78, 5) is 20.2. The molecule has 0 aromatic carbocycles. The molecule has 53 heavy (non-hydrogen) atoms. The van der Waals surface area contributed by atoms with Crippen LogP contribution in [0.4, 0.5) is 8.78 Å². The molecule has 2 aliphatic heterocycles. The number of aromatic nitrogens is 6. The largest absolute Gasteiger partial charge is 0.365 e. The third kappa shape index (κ3) is 11.1. The molecule has 0 spiro atoms. The highest BCUT2D eigenvalue weighted by Gasteiger charge is 2.55. The SMILES string of the molecule is C.CC[C@H]1O[C@@H](c2cnc(C(=NC(=N)SC)SC)[nH]2)[C@H](F)[C@@H]1C.CC[C@H]1O[C@@](O)(c2cnc3c(SC)nc(SC)nn23)[C@H](F)[C@@H]1C.CC[SiH](CC)CC. The number of H-pyrrole nitrogens is 1. The van der Waals surface area contributed by atoms with E-state index in [4.69, 9.17) is 14.9 Å². The number of aromatic amines is 1. The van der Waals surface area contributed by atoms with Crippen LogP contribution in [-0.2, 0) is 15.3 Å². The standard InChI is InChI=1S/C14H19FN4O2S2.C14H21FN4OS2.C6H16Si.CH4/c1-5-8-7(2)10(15)14(20,21-8)9-6-16-11-12(22-3)17-13(23-4)18-19(9)11;1-5-9-7(2)10(15)11(20-9)8-6-17-12(18-8)13(21-3)19-14(16)22-4;1-4-7(5-2)6-3;/h6-8,10,20H,5H2,1-4H3;6-7,9-11,16H,5H2,1-4H3,(H,17,18);7H,4-6H2,1-3H3;1H4/t7-,8-,10-,14+;7-,9-,10-,11+;;/m11../s1. The van der Waals surface area contributed by atoms with Crippen molar-refractivity contribution in [1.82, 2.24) is 29.5 Å². The van der Waals surface area contributed by atoms with Gasteiger partial charge in [-0.1, -0.05) is 97.5 Å². The van der Waals surface area contributed by atoms with Gasteiger partial charge in [-0.2, -0.15) is 0 Å². The normalized spacial score (nSPS) is 26.9. The van der Waals surface area contributed by atoms with E-state index in [1.54, 1.807) is 19.4 Å². The number of rotatable bonds is 10. The molecule has 18 heteroatoms. The van der Waals surface area contributed by atoms with Crippen LogP contribution in [0, 0.1) is 17.2 Å². The van der Waals surface area contributed by atoms with Crippen molar-refractivity contribution < 1.29 is 23.4 Å². The Morgan fingerprint density at radius 1 is 0.981 bits per heavy atom. The Kier molecular flexibility index (Phi) is 20.0. The number of hydrogen-bond donors (Lipinski definition) is 3. The van der Waals surface area contributed by atoms with Crippen molar-refractivity contribution in [2.75, 3.05) is 25.0 Å². The highest BCUT2D eigenvalue weighted by Crippen LogP contribution is 2.44. The predicted molar refractivity (Wildman–Crippen MR) is 225 cm³/mol. The molecule has 2 saturated heterocycles. The third-order valence-electron chi connectivity index (χ3n) is 9.74. The van der Waals surface area contributed by atoms with Crippen LogP contribution in [0.25, 0.3) is 5.65 Å². The number of thioether (sulfide) groups is 4. The van der Waals surface area contributed by atoms with E-state index in [0.29, 0.717) is 38.8 Å². The van der Waals surface area contributed by atoms with Crippen LogP contribution in [0.15, 0.2) is 27.6 Å². The number of ether oxygens (including phenoxy) is 2. The smallest absolute Gasteiger partial charge is 0.244 e. The van der Waals surface area contributed by atoms with E-state index in [1.165, 1.54) is 75.9 Å². The number of halogens is 2. The molecule has 11 nitrogen and oxygen atoms in total. The zero-order chi connectivity index (χ0) is 38.7. The van der Waals surface area contributed by atoms with Gasteiger partial charge in [-0.15, -0.1) is 28.6 Å². The van der Waals surface area contributed by atoms with Crippen LogP contribution < -0.4 is 0 Å². The van der Waals surface area contributed by atoms with Gasteiger partial charge in [0.05, 0.1) is 30.3 Å². The molecule has 2 aliphatic rings. The molecule has 0 amide bonds.